The van der Waals surface area contributed by atoms with Crippen molar-refractivity contribution < 1.29 is 18.0 Å². The Bertz CT molecular complexity index is 142. The zero-order chi connectivity index (χ0) is 11.3. The number of rotatable bonds is 2. The summed E-state index contributed by atoms with van der Waals surface area (Å²) in [5, 5.41) is -4.23. The van der Waals surface area contributed by atoms with Crippen LogP contribution in [0.2, 0.25) is 0 Å². The highest BCUT2D eigenvalue weighted by Crippen LogP contribution is 2.42. The molecule has 0 aromatic rings. The second-order valence-electron chi connectivity index (χ2n) is 2.06. The molecule has 0 unspecified atom stereocenters. The summed E-state index contributed by atoms with van der Waals surface area (Å²) in [5.74, 6) is 0. The van der Waals surface area contributed by atoms with Crippen LogP contribution in [0.4, 0.5) is 13.2 Å². The number of amides is 1. The van der Waals surface area contributed by atoms with Gasteiger partial charge < -0.3 is 4.90 Å². The summed E-state index contributed by atoms with van der Waals surface area (Å²) >= 11 is 12.5. The summed E-state index contributed by atoms with van der Waals surface area (Å²) < 4.78 is 30.6. The van der Waals surface area contributed by atoms with Crippen LogP contribution in [-0.4, -0.2) is 35.4 Å². The lowest BCUT2D eigenvalue weighted by atomic mass is 10.8. The van der Waals surface area contributed by atoms with Crippen LogP contribution in [-0.2, 0) is 4.79 Å². The fraction of sp³-hybridized carbons (Fsp3) is 0.800. The number of nitrogens with zero attached hydrogens (tertiary/aromatic N) is 1. The fourth-order valence-corrected chi connectivity index (χ4v) is 0. The van der Waals surface area contributed by atoms with E-state index in [4.69, 9.17) is 0 Å². The molecule has 0 saturated carbocycles. The Labute approximate surface area is 88.5 Å². The van der Waals surface area contributed by atoms with Crippen LogP contribution in [0.1, 0.15) is 0 Å². The summed E-state index contributed by atoms with van der Waals surface area (Å²) in [6.45, 7) is 0. The molecule has 0 bridgehead atoms. The number of carbonyl (C=O) groups excluding carboxylic acids is 1. The highest BCUT2D eigenvalue weighted by Gasteiger charge is 2.51. The first-order valence-electron chi connectivity index (χ1n) is 2.77. The van der Waals surface area contributed by atoms with E-state index in [0.29, 0.717) is 0 Å². The molecular weight excluding hydrogens is 253 g/mol. The molecule has 0 aliphatic heterocycles. The molecule has 8 heteroatoms. The molecule has 0 aromatic heterocycles. The molecule has 0 aromatic carbocycles. The van der Waals surface area contributed by atoms with Crippen molar-refractivity contribution in [3.8, 4) is 0 Å². The number of hydrogen-bond donors (Lipinski definition) is 0. The second-order valence-corrected chi connectivity index (χ2v) is 3.77. The Morgan fingerprint density at radius 1 is 1.15 bits per heavy atom. The molecule has 0 rings (SSSR count). The van der Waals surface area contributed by atoms with Gasteiger partial charge in [-0.2, -0.15) is 13.2 Å². The monoisotopic (exact) mass is 259 g/mol. The Kier molecular flexibility index (Phi) is 6.93. The second kappa shape index (κ2) is 5.78. The summed E-state index contributed by atoms with van der Waals surface area (Å²) in [4.78, 5) is 10.9. The zero-order valence-corrected chi connectivity index (χ0v) is 8.97. The van der Waals surface area contributed by atoms with Crippen LogP contribution < -0.4 is 0 Å². The normalized spacial score (nSPS) is 11.4. The molecule has 2 nitrogen and oxygen atoms in total. The van der Waals surface area contributed by atoms with Crippen molar-refractivity contribution in [1.29, 1.82) is 0 Å². The van der Waals surface area contributed by atoms with Crippen LogP contribution >= 0.6 is 34.8 Å². The molecule has 0 atom stereocenters. The number of carbonyl (C=O) groups is 1. The van der Waals surface area contributed by atoms with Crippen molar-refractivity contribution in [2.24, 2.45) is 0 Å². The van der Waals surface area contributed by atoms with E-state index in [1.807, 2.05) is 0 Å². The lowest BCUT2D eigenvalue weighted by molar-refractivity contribution is -0.115. The molecule has 0 saturated heterocycles. The van der Waals surface area contributed by atoms with Gasteiger partial charge in [-0.25, -0.2) is 0 Å². The van der Waals surface area contributed by atoms with Gasteiger partial charge in [-0.15, -0.1) is 0 Å². The highest BCUT2D eigenvalue weighted by molar-refractivity contribution is 6.51. The van der Waals surface area contributed by atoms with Crippen molar-refractivity contribution in [1.82, 2.24) is 4.90 Å². The molecule has 0 heterocycles. The summed E-state index contributed by atoms with van der Waals surface area (Å²) in [7, 11) is 3.38. The first-order chi connectivity index (χ1) is 5.52. The Hall–Kier alpha value is 0.130. The first-order valence-corrected chi connectivity index (χ1v) is 3.91. The van der Waals surface area contributed by atoms with Gasteiger partial charge in [-0.1, -0.05) is 23.2 Å². The van der Waals surface area contributed by atoms with E-state index in [1.165, 1.54) is 4.90 Å². The molecule has 0 radical (unpaired) electrons. The lowest BCUT2D eigenvalue weighted by Crippen LogP contribution is -2.27. The molecule has 0 N–H and O–H groups in total. The molecule has 0 aliphatic rings. The van der Waals surface area contributed by atoms with Crippen molar-refractivity contribution in [2.75, 3.05) is 14.1 Å². The van der Waals surface area contributed by atoms with E-state index < -0.39 is 9.97 Å². The van der Waals surface area contributed by atoms with Gasteiger partial charge >= 0.3 is 9.97 Å². The fourth-order valence-electron chi connectivity index (χ4n) is 0. The number of hydrogen-bond acceptors (Lipinski definition) is 1. The van der Waals surface area contributed by atoms with Gasteiger partial charge in [0.15, 0.2) is 0 Å². The minimum atomic E-state index is -4.23. The molecule has 0 spiro atoms. The molecule has 13 heavy (non-hydrogen) atoms. The minimum absolute atomic E-state index is 0.750. The van der Waals surface area contributed by atoms with Gasteiger partial charge in [0.2, 0.25) is 6.41 Å². The minimum Gasteiger partial charge on any atom is -0.351 e. The van der Waals surface area contributed by atoms with Gasteiger partial charge in [0.1, 0.15) is 0 Å². The van der Waals surface area contributed by atoms with E-state index in [-0.39, 0.29) is 0 Å². The Morgan fingerprint density at radius 3 is 1.31 bits per heavy atom. The van der Waals surface area contributed by atoms with E-state index in [2.05, 4.69) is 34.8 Å². The molecule has 80 valence electrons. The third-order valence-electron chi connectivity index (χ3n) is 0.532. The van der Waals surface area contributed by atoms with E-state index >= 15 is 0 Å². The molecule has 1 amide bonds. The summed E-state index contributed by atoms with van der Waals surface area (Å²) in [6.07, 6.45) is 0.750. The molecular formula is C5H7Cl3F3NO. The first kappa shape index (κ1) is 15.6. The quantitative estimate of drug-likeness (QED) is 0.552. The van der Waals surface area contributed by atoms with Gasteiger partial charge in [0.25, 0.3) is 0 Å². The number of halogens is 6. The standard InChI is InChI=1S/C3H7NO.C2Cl3F3/c1-4(2)3-5;3-1(4,6)2(5,7)8/h3H,1-2H3;. The van der Waals surface area contributed by atoms with Crippen LogP contribution in [0.15, 0.2) is 0 Å². The predicted octanol–water partition coefficient (Wildman–Crippen LogP) is 2.62. The third-order valence-corrected chi connectivity index (χ3v) is 1.46. The summed E-state index contributed by atoms with van der Waals surface area (Å²) in [6, 6.07) is 0. The van der Waals surface area contributed by atoms with Gasteiger partial charge in [0, 0.05) is 14.1 Å². The maximum Gasteiger partial charge on any atom is 0.383 e. The van der Waals surface area contributed by atoms with Crippen LogP contribution in [0.25, 0.3) is 0 Å². The summed E-state index contributed by atoms with van der Waals surface area (Å²) in [5.41, 5.74) is 0. The smallest absolute Gasteiger partial charge is 0.351 e. The third kappa shape index (κ3) is 10.0. The van der Waals surface area contributed by atoms with Crippen molar-refractivity contribution >= 4 is 41.2 Å². The maximum absolute atomic E-state index is 11.5. The lowest BCUT2D eigenvalue weighted by Gasteiger charge is -2.13. The average molecular weight is 260 g/mol. The number of alkyl halides is 6. The van der Waals surface area contributed by atoms with E-state index in [9.17, 15) is 18.0 Å². The van der Waals surface area contributed by atoms with Gasteiger partial charge in [-0.3, -0.25) is 4.79 Å². The van der Waals surface area contributed by atoms with Crippen LogP contribution in [0.5, 0.6) is 0 Å². The van der Waals surface area contributed by atoms with Gasteiger partial charge in [0.05, 0.1) is 0 Å². The SMILES string of the molecule is CN(C)C=O.FC(F)(Cl)C(F)(Cl)Cl. The Morgan fingerprint density at radius 2 is 1.31 bits per heavy atom. The topological polar surface area (TPSA) is 20.3 Å². The molecule has 0 fully saturated rings. The molecule has 0 aliphatic carbocycles. The van der Waals surface area contributed by atoms with Crippen molar-refractivity contribution in [3.63, 3.8) is 0 Å². The van der Waals surface area contributed by atoms with Gasteiger partial charge in [-0.05, 0) is 11.6 Å². The Balaban J connectivity index is 0. The largest absolute Gasteiger partial charge is 0.383 e. The van der Waals surface area contributed by atoms with Crippen LogP contribution in [0.3, 0.4) is 0 Å². The van der Waals surface area contributed by atoms with E-state index in [0.717, 1.165) is 6.41 Å². The van der Waals surface area contributed by atoms with Crippen molar-refractivity contribution in [2.45, 2.75) is 9.97 Å². The zero-order valence-electron chi connectivity index (χ0n) is 6.70. The average Bonchev–Trinajstić information content (AvgIpc) is 1.84. The van der Waals surface area contributed by atoms with Crippen LogP contribution in [0, 0.1) is 0 Å². The maximum atomic E-state index is 11.5. The predicted molar refractivity (Wildman–Crippen MR) is 46.1 cm³/mol. The van der Waals surface area contributed by atoms with Crippen molar-refractivity contribution in [3.05, 3.63) is 0 Å². The highest BCUT2D eigenvalue weighted by atomic mass is 35.5. The van der Waals surface area contributed by atoms with E-state index in [1.54, 1.807) is 14.1 Å².